The van der Waals surface area contributed by atoms with E-state index in [1.54, 1.807) is 24.3 Å². The topological polar surface area (TPSA) is 43.4 Å². The average molecular weight is 367 g/mol. The van der Waals surface area contributed by atoms with Crippen molar-refractivity contribution in [3.05, 3.63) is 29.3 Å². The molecule has 1 rings (SSSR count). The molecule has 1 aromatic carbocycles. The summed E-state index contributed by atoms with van der Waals surface area (Å²) in [6.45, 7) is -1.86. The van der Waals surface area contributed by atoms with E-state index in [-0.39, 0.29) is 5.75 Å². The monoisotopic (exact) mass is 366 g/mol. The number of hydrogen-bond acceptors (Lipinski definition) is 4. The molecule has 0 radical (unpaired) electrons. The van der Waals surface area contributed by atoms with Crippen LogP contribution in [0.2, 0.25) is 5.02 Å². The summed E-state index contributed by atoms with van der Waals surface area (Å²) in [5, 5.41) is 0.518. The van der Waals surface area contributed by atoms with Crippen LogP contribution in [0.3, 0.4) is 0 Å². The number of rotatable bonds is 8. The van der Waals surface area contributed by atoms with Gasteiger partial charge in [-0.15, -0.1) is 11.8 Å². The van der Waals surface area contributed by atoms with Crippen LogP contribution in [-0.2, 0) is 14.3 Å². The molecule has 0 atom stereocenters. The minimum absolute atomic E-state index is 0.0320. The van der Waals surface area contributed by atoms with Crippen LogP contribution in [0, 0.1) is 0 Å². The van der Waals surface area contributed by atoms with E-state index in [2.05, 4.69) is 4.18 Å². The molecule has 0 N–H and O–H groups in total. The second kappa shape index (κ2) is 7.66. The van der Waals surface area contributed by atoms with E-state index >= 15 is 0 Å². The fourth-order valence-corrected chi connectivity index (χ4v) is 3.38. The number of halogens is 5. The molecule has 0 heterocycles. The minimum atomic E-state index is -4.49. The standard InChI is InChI=1S/C11H11ClF4O3S2/c12-8-1-3-9(4-2-8)20-5-6-21(17,18)19-7-11(15,16)10(13)14/h1-4,10H,5-7H2. The molecule has 3 nitrogen and oxygen atoms in total. The van der Waals surface area contributed by atoms with Gasteiger partial charge in [-0.05, 0) is 24.3 Å². The largest absolute Gasteiger partial charge is 0.331 e. The van der Waals surface area contributed by atoms with Crippen molar-refractivity contribution in [3.8, 4) is 0 Å². The number of alkyl halides is 4. The average Bonchev–Trinajstić information content (AvgIpc) is 2.39. The normalized spacial score (nSPS) is 12.9. The molecule has 0 aromatic heterocycles. The summed E-state index contributed by atoms with van der Waals surface area (Å²) in [4.78, 5) is 0.729. The Balaban J connectivity index is 2.41. The Bertz CT molecular complexity index is 549. The predicted octanol–water partition coefficient (Wildman–Crippen LogP) is 3.68. The predicted molar refractivity (Wildman–Crippen MR) is 72.9 cm³/mol. The van der Waals surface area contributed by atoms with Crippen molar-refractivity contribution < 1.29 is 30.2 Å². The third-order valence-electron chi connectivity index (χ3n) is 2.17. The fraction of sp³-hybridized carbons (Fsp3) is 0.455. The van der Waals surface area contributed by atoms with E-state index in [4.69, 9.17) is 11.6 Å². The highest BCUT2D eigenvalue weighted by Crippen LogP contribution is 2.24. The maximum absolute atomic E-state index is 12.5. The van der Waals surface area contributed by atoms with Gasteiger partial charge in [0.2, 0.25) is 0 Å². The lowest BCUT2D eigenvalue weighted by Crippen LogP contribution is -2.34. The van der Waals surface area contributed by atoms with Crippen LogP contribution in [0.4, 0.5) is 17.6 Å². The molecule has 0 aliphatic heterocycles. The van der Waals surface area contributed by atoms with Gasteiger partial charge in [0.05, 0.1) is 5.75 Å². The van der Waals surface area contributed by atoms with Crippen LogP contribution in [0.5, 0.6) is 0 Å². The molecule has 0 aliphatic rings. The minimum Gasteiger partial charge on any atom is -0.263 e. The van der Waals surface area contributed by atoms with Gasteiger partial charge in [-0.25, -0.2) is 8.78 Å². The molecular formula is C11H11ClF4O3S2. The second-order valence-electron chi connectivity index (χ2n) is 3.89. The van der Waals surface area contributed by atoms with Gasteiger partial charge in [0.15, 0.2) is 0 Å². The lowest BCUT2D eigenvalue weighted by molar-refractivity contribution is -0.147. The summed E-state index contributed by atoms with van der Waals surface area (Å²) in [5.41, 5.74) is 0. The van der Waals surface area contributed by atoms with Gasteiger partial charge in [0, 0.05) is 15.7 Å². The van der Waals surface area contributed by atoms with Crippen molar-refractivity contribution in [1.29, 1.82) is 0 Å². The molecule has 0 saturated carbocycles. The van der Waals surface area contributed by atoms with Crippen molar-refractivity contribution in [2.75, 3.05) is 18.1 Å². The maximum Gasteiger partial charge on any atom is 0.331 e. The highest BCUT2D eigenvalue weighted by atomic mass is 35.5. The van der Waals surface area contributed by atoms with Crippen molar-refractivity contribution >= 4 is 33.5 Å². The maximum atomic E-state index is 12.5. The summed E-state index contributed by atoms with van der Waals surface area (Å²) >= 11 is 6.81. The van der Waals surface area contributed by atoms with Crippen LogP contribution in [0.25, 0.3) is 0 Å². The molecule has 0 aliphatic carbocycles. The van der Waals surface area contributed by atoms with Gasteiger partial charge in [0.25, 0.3) is 10.1 Å². The summed E-state index contributed by atoms with van der Waals surface area (Å²) in [5.74, 6) is -5.03. The van der Waals surface area contributed by atoms with Crippen molar-refractivity contribution in [2.45, 2.75) is 17.2 Å². The molecule has 10 heteroatoms. The Labute approximate surface area is 128 Å². The van der Waals surface area contributed by atoms with Crippen LogP contribution in [0.15, 0.2) is 29.2 Å². The van der Waals surface area contributed by atoms with Gasteiger partial charge >= 0.3 is 12.3 Å². The van der Waals surface area contributed by atoms with Gasteiger partial charge in [-0.3, -0.25) is 4.18 Å². The summed E-state index contributed by atoms with van der Waals surface area (Å²) in [6, 6.07) is 6.53. The summed E-state index contributed by atoms with van der Waals surface area (Å²) < 4.78 is 75.3. The molecule has 0 fully saturated rings. The Kier molecular flexibility index (Phi) is 6.76. The highest BCUT2D eigenvalue weighted by molar-refractivity contribution is 8.00. The first-order valence-electron chi connectivity index (χ1n) is 5.54. The van der Waals surface area contributed by atoms with E-state index in [0.717, 1.165) is 16.7 Å². The van der Waals surface area contributed by atoms with E-state index < -0.39 is 34.8 Å². The summed E-state index contributed by atoms with van der Waals surface area (Å²) in [7, 11) is -4.29. The molecule has 0 unspecified atom stereocenters. The Hall–Kier alpha value is -0.510. The zero-order valence-electron chi connectivity index (χ0n) is 10.4. The molecule has 120 valence electrons. The lowest BCUT2D eigenvalue weighted by Gasteiger charge is -2.14. The molecule has 1 aromatic rings. The SMILES string of the molecule is O=S(=O)(CCSc1ccc(Cl)cc1)OCC(F)(F)C(F)F. The van der Waals surface area contributed by atoms with Gasteiger partial charge in [-0.1, -0.05) is 11.6 Å². The van der Waals surface area contributed by atoms with Gasteiger partial charge in [0.1, 0.15) is 6.61 Å². The first-order chi connectivity index (χ1) is 9.62. The number of benzene rings is 1. The third kappa shape index (κ3) is 6.86. The van der Waals surface area contributed by atoms with Crippen LogP contribution < -0.4 is 0 Å². The molecule has 0 amide bonds. The molecule has 0 saturated heterocycles. The molecule has 21 heavy (non-hydrogen) atoms. The quantitative estimate of drug-likeness (QED) is 0.400. The smallest absolute Gasteiger partial charge is 0.263 e. The molecular weight excluding hydrogens is 356 g/mol. The lowest BCUT2D eigenvalue weighted by atomic mass is 10.4. The Morgan fingerprint density at radius 3 is 2.33 bits per heavy atom. The number of hydrogen-bond donors (Lipinski definition) is 0. The Morgan fingerprint density at radius 1 is 1.24 bits per heavy atom. The van der Waals surface area contributed by atoms with E-state index in [0.29, 0.717) is 5.02 Å². The first-order valence-corrected chi connectivity index (χ1v) is 8.48. The van der Waals surface area contributed by atoms with Crippen LogP contribution in [0.1, 0.15) is 0 Å². The van der Waals surface area contributed by atoms with Crippen molar-refractivity contribution in [3.63, 3.8) is 0 Å². The molecule has 0 bridgehead atoms. The second-order valence-corrected chi connectivity index (χ2v) is 7.25. The van der Waals surface area contributed by atoms with E-state index in [1.165, 1.54) is 0 Å². The number of thioether (sulfide) groups is 1. The van der Waals surface area contributed by atoms with Crippen molar-refractivity contribution in [1.82, 2.24) is 0 Å². The molecule has 0 spiro atoms. The van der Waals surface area contributed by atoms with Crippen molar-refractivity contribution in [2.24, 2.45) is 0 Å². The zero-order valence-corrected chi connectivity index (χ0v) is 12.8. The highest BCUT2D eigenvalue weighted by Gasteiger charge is 2.42. The van der Waals surface area contributed by atoms with Gasteiger partial charge < -0.3 is 0 Å². The van der Waals surface area contributed by atoms with Crippen LogP contribution in [-0.4, -0.2) is 38.9 Å². The van der Waals surface area contributed by atoms with E-state index in [1.807, 2.05) is 0 Å². The Morgan fingerprint density at radius 2 is 1.81 bits per heavy atom. The van der Waals surface area contributed by atoms with Crippen LogP contribution >= 0.6 is 23.4 Å². The van der Waals surface area contributed by atoms with Gasteiger partial charge in [-0.2, -0.15) is 17.2 Å². The summed E-state index contributed by atoms with van der Waals surface area (Å²) in [6.07, 6.45) is -3.98. The van der Waals surface area contributed by atoms with E-state index in [9.17, 15) is 26.0 Å². The third-order valence-corrected chi connectivity index (χ3v) is 4.87. The first kappa shape index (κ1) is 18.5. The fourth-order valence-electron chi connectivity index (χ4n) is 1.08. The zero-order chi connectivity index (χ0) is 16.1.